The number of carbonyl (C=O) groups excluding carboxylic acids is 1. The molecule has 10 heteroatoms. The van der Waals surface area contributed by atoms with Crippen LogP contribution in [0.2, 0.25) is 0 Å². The van der Waals surface area contributed by atoms with Gasteiger partial charge in [0.2, 0.25) is 0 Å². The number of carboxylic acid groups (broad SMARTS) is 1. The number of nitrogens with two attached hydrogens (primary N) is 1. The summed E-state index contributed by atoms with van der Waals surface area (Å²) in [5.41, 5.74) is 9.59. The van der Waals surface area contributed by atoms with Crippen molar-refractivity contribution in [3.8, 4) is 0 Å². The van der Waals surface area contributed by atoms with Gasteiger partial charge in [-0.3, -0.25) is 4.79 Å². The summed E-state index contributed by atoms with van der Waals surface area (Å²) in [6.07, 6.45) is -1.43. The fourth-order valence-corrected chi connectivity index (χ4v) is 2.98. The van der Waals surface area contributed by atoms with Gasteiger partial charge in [-0.2, -0.15) is 13.2 Å². The lowest BCUT2D eigenvalue weighted by Crippen LogP contribution is -2.21. The lowest BCUT2D eigenvalue weighted by atomic mass is 9.92. The van der Waals surface area contributed by atoms with E-state index < -0.39 is 23.9 Å². The molecule has 0 saturated carbocycles. The molecule has 2 heterocycles. The maximum Gasteiger partial charge on any atom is 0.490 e. The van der Waals surface area contributed by atoms with Crippen molar-refractivity contribution in [1.82, 2.24) is 10.3 Å². The van der Waals surface area contributed by atoms with Crippen molar-refractivity contribution in [1.29, 1.82) is 0 Å². The van der Waals surface area contributed by atoms with Gasteiger partial charge in [0.25, 0.3) is 5.91 Å². The maximum absolute atomic E-state index is 14.6. The van der Waals surface area contributed by atoms with Crippen LogP contribution < -0.4 is 11.1 Å². The van der Waals surface area contributed by atoms with Crippen LogP contribution >= 0.6 is 0 Å². The first-order chi connectivity index (χ1) is 12.9. The average Bonchev–Trinajstić information content (AvgIpc) is 2.90. The molecule has 1 aromatic carbocycles. The molecule has 0 bridgehead atoms. The normalized spacial score (nSPS) is 14.0. The van der Waals surface area contributed by atoms with E-state index in [1.165, 1.54) is 6.07 Å². The van der Waals surface area contributed by atoms with Crippen molar-refractivity contribution in [2.75, 3.05) is 6.54 Å². The van der Waals surface area contributed by atoms with Crippen molar-refractivity contribution in [2.45, 2.75) is 32.9 Å². The summed E-state index contributed by atoms with van der Waals surface area (Å²) in [5.74, 6) is -3.77. The van der Waals surface area contributed by atoms with E-state index in [9.17, 15) is 22.4 Å². The van der Waals surface area contributed by atoms with Gasteiger partial charge in [0.1, 0.15) is 5.82 Å². The molecule has 0 aliphatic carbocycles. The first kappa shape index (κ1) is 21.3. The number of allylic oxidation sites excluding steroid dienone is 1. The summed E-state index contributed by atoms with van der Waals surface area (Å²) >= 11 is 0. The van der Waals surface area contributed by atoms with E-state index in [4.69, 9.17) is 15.6 Å². The highest BCUT2D eigenvalue weighted by Crippen LogP contribution is 2.36. The Morgan fingerprint density at radius 2 is 1.86 bits per heavy atom. The third-order valence-corrected chi connectivity index (χ3v) is 4.40. The molecule has 5 N–H and O–H groups in total. The molecule has 3 rings (SSSR count). The predicted octanol–water partition coefficient (Wildman–Crippen LogP) is 3.38. The van der Waals surface area contributed by atoms with Gasteiger partial charge >= 0.3 is 12.1 Å². The molecule has 2 aromatic rings. The highest BCUT2D eigenvalue weighted by atomic mass is 19.4. The van der Waals surface area contributed by atoms with Gasteiger partial charge in [0.15, 0.2) is 0 Å². The topological polar surface area (TPSA) is 108 Å². The first-order valence-corrected chi connectivity index (χ1v) is 8.29. The standard InChI is InChI=1S/C16H18FN3O.C2HF3O2/c1-8-9(2)20-15-11(16(18)21)6-12(17)14(13(8)15)10-4-3-5-19-7-10;3-2(4,5)1(6)7/h6-7,19-20H,3-5H2,1-2H3,(H2,18,21);(H,6,7). The summed E-state index contributed by atoms with van der Waals surface area (Å²) in [7, 11) is 0. The van der Waals surface area contributed by atoms with Crippen LogP contribution in [0.15, 0.2) is 12.3 Å². The van der Waals surface area contributed by atoms with Crippen LogP contribution in [-0.2, 0) is 4.79 Å². The number of amides is 1. The largest absolute Gasteiger partial charge is 0.490 e. The minimum atomic E-state index is -5.08. The number of aryl methyl sites for hydroxylation is 2. The Morgan fingerprint density at radius 1 is 1.25 bits per heavy atom. The first-order valence-electron chi connectivity index (χ1n) is 8.29. The Morgan fingerprint density at radius 3 is 2.32 bits per heavy atom. The second-order valence-corrected chi connectivity index (χ2v) is 6.30. The number of alkyl halides is 3. The van der Waals surface area contributed by atoms with Crippen LogP contribution in [0.25, 0.3) is 16.5 Å². The Kier molecular flexibility index (Phi) is 6.01. The van der Waals surface area contributed by atoms with Gasteiger partial charge in [0, 0.05) is 29.4 Å². The summed E-state index contributed by atoms with van der Waals surface area (Å²) in [6, 6.07) is 1.24. The Labute approximate surface area is 157 Å². The number of primary amides is 1. The van der Waals surface area contributed by atoms with Crippen molar-refractivity contribution >= 4 is 28.4 Å². The number of hydrogen-bond acceptors (Lipinski definition) is 3. The molecule has 0 spiro atoms. The number of rotatable bonds is 2. The van der Waals surface area contributed by atoms with Gasteiger partial charge in [0.05, 0.1) is 11.1 Å². The molecule has 28 heavy (non-hydrogen) atoms. The van der Waals surface area contributed by atoms with Gasteiger partial charge < -0.3 is 21.1 Å². The lowest BCUT2D eigenvalue weighted by molar-refractivity contribution is -0.192. The molecule has 1 aliphatic heterocycles. The SMILES string of the molecule is Cc1[nH]c2c(C(N)=O)cc(F)c(C3=CNCCC3)c2c1C.O=C(O)C(F)(F)F. The Bertz CT molecular complexity index is 961. The van der Waals surface area contributed by atoms with E-state index >= 15 is 0 Å². The molecule has 0 unspecified atom stereocenters. The Balaban J connectivity index is 0.000000345. The third-order valence-electron chi connectivity index (χ3n) is 4.40. The minimum absolute atomic E-state index is 0.201. The van der Waals surface area contributed by atoms with Crippen molar-refractivity contribution in [2.24, 2.45) is 5.73 Å². The third kappa shape index (κ3) is 4.26. The van der Waals surface area contributed by atoms with E-state index in [1.807, 2.05) is 20.0 Å². The fourth-order valence-electron chi connectivity index (χ4n) is 2.98. The summed E-state index contributed by atoms with van der Waals surface area (Å²) in [5, 5.41) is 11.0. The van der Waals surface area contributed by atoms with Gasteiger partial charge in [-0.25, -0.2) is 9.18 Å². The van der Waals surface area contributed by atoms with E-state index in [2.05, 4.69) is 10.3 Å². The quantitative estimate of drug-likeness (QED) is 0.579. The van der Waals surface area contributed by atoms with Crippen molar-refractivity contribution in [3.05, 3.63) is 40.5 Å². The number of aliphatic carboxylic acids is 1. The molecular formula is C18H19F4N3O3. The molecule has 1 aliphatic rings. The number of carboxylic acids is 1. The summed E-state index contributed by atoms with van der Waals surface area (Å²) in [6.45, 7) is 4.74. The van der Waals surface area contributed by atoms with Crippen LogP contribution in [0.3, 0.4) is 0 Å². The number of carbonyl (C=O) groups is 2. The van der Waals surface area contributed by atoms with E-state index in [0.29, 0.717) is 11.1 Å². The monoisotopic (exact) mass is 401 g/mol. The number of aromatic nitrogens is 1. The summed E-state index contributed by atoms with van der Waals surface area (Å²) < 4.78 is 46.4. The molecule has 1 aromatic heterocycles. The van der Waals surface area contributed by atoms with Gasteiger partial charge in [-0.05, 0) is 43.9 Å². The molecule has 0 atom stereocenters. The molecule has 1 amide bonds. The van der Waals surface area contributed by atoms with E-state index in [-0.39, 0.29) is 5.56 Å². The number of H-pyrrole nitrogens is 1. The van der Waals surface area contributed by atoms with Crippen LogP contribution in [0, 0.1) is 19.7 Å². The van der Waals surface area contributed by atoms with Crippen LogP contribution in [0.4, 0.5) is 17.6 Å². The molecular weight excluding hydrogens is 382 g/mol. The number of benzene rings is 1. The van der Waals surface area contributed by atoms with Crippen LogP contribution in [0.5, 0.6) is 0 Å². The summed E-state index contributed by atoms with van der Waals surface area (Å²) in [4.78, 5) is 23.6. The lowest BCUT2D eigenvalue weighted by Gasteiger charge is -2.17. The number of nitrogens with one attached hydrogen (secondary N) is 2. The number of aromatic amines is 1. The van der Waals surface area contributed by atoms with Crippen molar-refractivity contribution in [3.63, 3.8) is 0 Å². The van der Waals surface area contributed by atoms with Gasteiger partial charge in [-0.1, -0.05) is 0 Å². The number of halogens is 4. The van der Waals surface area contributed by atoms with Crippen molar-refractivity contribution < 1.29 is 32.3 Å². The minimum Gasteiger partial charge on any atom is -0.475 e. The van der Waals surface area contributed by atoms with E-state index in [1.54, 1.807) is 0 Å². The Hall–Kier alpha value is -3.04. The highest BCUT2D eigenvalue weighted by Gasteiger charge is 2.38. The second-order valence-electron chi connectivity index (χ2n) is 6.30. The molecule has 152 valence electrons. The highest BCUT2D eigenvalue weighted by molar-refractivity contribution is 6.09. The number of hydrogen-bond donors (Lipinski definition) is 4. The van der Waals surface area contributed by atoms with Gasteiger partial charge in [-0.15, -0.1) is 0 Å². The predicted molar refractivity (Wildman–Crippen MR) is 95.2 cm³/mol. The van der Waals surface area contributed by atoms with Crippen LogP contribution in [0.1, 0.15) is 40.0 Å². The van der Waals surface area contributed by atoms with E-state index in [0.717, 1.165) is 41.6 Å². The zero-order valence-electron chi connectivity index (χ0n) is 15.1. The molecule has 0 fully saturated rings. The fraction of sp³-hybridized carbons (Fsp3) is 0.333. The average molecular weight is 401 g/mol. The molecule has 0 radical (unpaired) electrons. The molecule has 0 saturated heterocycles. The second kappa shape index (κ2) is 7.91. The zero-order chi connectivity index (χ0) is 21.2. The number of fused-ring (bicyclic) bond motifs is 1. The molecule has 6 nitrogen and oxygen atoms in total. The van der Waals surface area contributed by atoms with Crippen LogP contribution in [-0.4, -0.2) is 34.7 Å². The maximum atomic E-state index is 14.6. The zero-order valence-corrected chi connectivity index (χ0v) is 15.1. The smallest absolute Gasteiger partial charge is 0.475 e.